The van der Waals surface area contributed by atoms with E-state index in [2.05, 4.69) is 0 Å². The molecule has 0 radical (unpaired) electrons. The fourth-order valence-corrected chi connectivity index (χ4v) is 4.00. The smallest absolute Gasteiger partial charge is 0.323 e. The van der Waals surface area contributed by atoms with E-state index in [1.54, 1.807) is 0 Å². The van der Waals surface area contributed by atoms with Crippen LogP contribution in [0, 0.1) is 5.92 Å². The van der Waals surface area contributed by atoms with Gasteiger partial charge in [0, 0.05) is 26.1 Å². The second-order valence-electron chi connectivity index (χ2n) is 7.27. The number of aliphatic carboxylic acids is 1. The predicted molar refractivity (Wildman–Crippen MR) is 98.4 cm³/mol. The normalized spacial score (nSPS) is 22.2. The molecule has 0 aliphatic carbocycles. The maximum absolute atomic E-state index is 13.0. The quantitative estimate of drug-likeness (QED) is 0.864. The first-order valence-corrected chi connectivity index (χ1v) is 9.44. The molecule has 0 spiro atoms. The summed E-state index contributed by atoms with van der Waals surface area (Å²) in [6, 6.07) is 7.65. The van der Waals surface area contributed by atoms with Gasteiger partial charge in [-0.2, -0.15) is 0 Å². The average molecular weight is 374 g/mol. The highest BCUT2D eigenvalue weighted by molar-refractivity contribution is 5.80. The lowest BCUT2D eigenvalue weighted by molar-refractivity contribution is -0.145. The van der Waals surface area contributed by atoms with Gasteiger partial charge >= 0.3 is 5.97 Å². The Morgan fingerprint density at radius 2 is 2.00 bits per heavy atom. The lowest BCUT2D eigenvalue weighted by Gasteiger charge is -2.31. The molecule has 146 valence electrons. The van der Waals surface area contributed by atoms with Crippen molar-refractivity contribution in [1.82, 2.24) is 9.80 Å². The van der Waals surface area contributed by atoms with Gasteiger partial charge in [-0.05, 0) is 37.3 Å². The molecule has 2 heterocycles. The van der Waals surface area contributed by atoms with E-state index < -0.39 is 5.97 Å². The van der Waals surface area contributed by atoms with Gasteiger partial charge in [0.1, 0.15) is 18.9 Å². The number of carbonyl (C=O) groups excluding carboxylic acids is 2. The summed E-state index contributed by atoms with van der Waals surface area (Å²) in [5, 5.41) is 9.05. The molecule has 2 aliphatic rings. The van der Waals surface area contributed by atoms with Crippen molar-refractivity contribution in [2.24, 2.45) is 5.92 Å². The third-order valence-electron chi connectivity index (χ3n) is 5.39. The van der Waals surface area contributed by atoms with Gasteiger partial charge in [0.25, 0.3) is 0 Å². The Kier molecular flexibility index (Phi) is 5.98. The Labute approximate surface area is 158 Å². The van der Waals surface area contributed by atoms with Crippen LogP contribution in [0.3, 0.4) is 0 Å². The summed E-state index contributed by atoms with van der Waals surface area (Å²) < 4.78 is 5.75. The molecule has 2 atom stereocenters. The molecule has 1 aromatic rings. The largest absolute Gasteiger partial charge is 0.492 e. The van der Waals surface area contributed by atoms with E-state index in [1.807, 2.05) is 29.2 Å². The molecule has 0 bridgehead atoms. The van der Waals surface area contributed by atoms with Crippen molar-refractivity contribution in [3.05, 3.63) is 29.8 Å². The van der Waals surface area contributed by atoms with Gasteiger partial charge in [0.05, 0.1) is 5.92 Å². The van der Waals surface area contributed by atoms with Crippen LogP contribution in [0.2, 0.25) is 0 Å². The SMILES string of the molecule is CC(=O)N(CC(=O)O)C1CCCN(C(=O)C2COc3ccccc3C2)CC1. The molecular formula is C20H26N2O5. The zero-order valence-electron chi connectivity index (χ0n) is 15.6. The zero-order valence-corrected chi connectivity index (χ0v) is 15.6. The number of likely N-dealkylation sites (tertiary alicyclic amines) is 1. The van der Waals surface area contributed by atoms with Crippen molar-refractivity contribution in [2.75, 3.05) is 26.2 Å². The third kappa shape index (κ3) is 4.59. The fourth-order valence-electron chi connectivity index (χ4n) is 4.00. The fraction of sp³-hybridized carbons (Fsp3) is 0.550. The first-order chi connectivity index (χ1) is 13.0. The number of carbonyl (C=O) groups is 3. The Balaban J connectivity index is 1.61. The lowest BCUT2D eigenvalue weighted by Crippen LogP contribution is -2.44. The van der Waals surface area contributed by atoms with Gasteiger partial charge in [-0.1, -0.05) is 18.2 Å². The molecule has 7 heteroatoms. The summed E-state index contributed by atoms with van der Waals surface area (Å²) in [6.07, 6.45) is 2.74. The number of nitrogens with zero attached hydrogens (tertiary/aromatic N) is 2. The highest BCUT2D eigenvalue weighted by Gasteiger charge is 2.32. The van der Waals surface area contributed by atoms with Crippen LogP contribution < -0.4 is 4.74 Å². The van der Waals surface area contributed by atoms with Crippen molar-refractivity contribution in [3.8, 4) is 5.75 Å². The van der Waals surface area contributed by atoms with E-state index >= 15 is 0 Å². The third-order valence-corrected chi connectivity index (χ3v) is 5.39. The number of hydrogen-bond acceptors (Lipinski definition) is 4. The standard InChI is InChI=1S/C20H26N2O5/c1-14(23)22(12-19(24)25)17-6-4-9-21(10-8-17)20(26)16-11-15-5-2-3-7-18(15)27-13-16/h2-3,5,7,16-17H,4,6,8-13H2,1H3,(H,24,25). The summed E-state index contributed by atoms with van der Waals surface area (Å²) in [6.45, 7) is 2.65. The minimum absolute atomic E-state index is 0.0813. The number of rotatable bonds is 4. The number of benzene rings is 1. The molecule has 1 N–H and O–H groups in total. The number of ether oxygens (including phenoxy) is 1. The van der Waals surface area contributed by atoms with Gasteiger partial charge in [0.15, 0.2) is 0 Å². The molecule has 0 aromatic heterocycles. The molecule has 1 aromatic carbocycles. The van der Waals surface area contributed by atoms with Crippen LogP contribution in [0.4, 0.5) is 0 Å². The number of para-hydroxylation sites is 1. The summed E-state index contributed by atoms with van der Waals surface area (Å²) in [4.78, 5) is 39.1. The molecule has 2 aliphatic heterocycles. The van der Waals surface area contributed by atoms with Crippen LogP contribution in [0.5, 0.6) is 5.75 Å². The van der Waals surface area contributed by atoms with Crippen LogP contribution in [0.25, 0.3) is 0 Å². The predicted octanol–water partition coefficient (Wildman–Crippen LogP) is 1.55. The highest BCUT2D eigenvalue weighted by atomic mass is 16.5. The van der Waals surface area contributed by atoms with E-state index in [0.29, 0.717) is 39.0 Å². The lowest BCUT2D eigenvalue weighted by atomic mass is 9.95. The zero-order chi connectivity index (χ0) is 19.4. The number of fused-ring (bicyclic) bond motifs is 1. The van der Waals surface area contributed by atoms with Gasteiger partial charge in [0.2, 0.25) is 11.8 Å². The second-order valence-corrected chi connectivity index (χ2v) is 7.27. The molecule has 27 heavy (non-hydrogen) atoms. The molecule has 0 saturated carbocycles. The average Bonchev–Trinajstić information content (AvgIpc) is 2.91. The Morgan fingerprint density at radius 3 is 2.74 bits per heavy atom. The van der Waals surface area contributed by atoms with Crippen LogP contribution in [0.1, 0.15) is 31.7 Å². The number of hydrogen-bond donors (Lipinski definition) is 1. The number of amides is 2. The molecular weight excluding hydrogens is 348 g/mol. The van der Waals surface area contributed by atoms with E-state index in [1.165, 1.54) is 11.8 Å². The minimum atomic E-state index is -1.01. The van der Waals surface area contributed by atoms with E-state index in [9.17, 15) is 14.4 Å². The Hall–Kier alpha value is -2.57. The molecule has 2 amide bonds. The van der Waals surface area contributed by atoms with Crippen molar-refractivity contribution >= 4 is 17.8 Å². The van der Waals surface area contributed by atoms with E-state index in [4.69, 9.17) is 9.84 Å². The molecule has 1 fully saturated rings. The number of carboxylic acids is 1. The van der Waals surface area contributed by atoms with Gasteiger partial charge in [-0.25, -0.2) is 0 Å². The molecule has 1 saturated heterocycles. The van der Waals surface area contributed by atoms with Gasteiger partial charge in [-0.3, -0.25) is 14.4 Å². The summed E-state index contributed by atoms with van der Waals surface area (Å²) >= 11 is 0. The maximum atomic E-state index is 13.0. The van der Waals surface area contributed by atoms with E-state index in [0.717, 1.165) is 17.7 Å². The van der Waals surface area contributed by atoms with Crippen LogP contribution in [0.15, 0.2) is 24.3 Å². The maximum Gasteiger partial charge on any atom is 0.323 e. The second kappa shape index (κ2) is 8.41. The van der Waals surface area contributed by atoms with Crippen molar-refractivity contribution in [1.29, 1.82) is 0 Å². The first kappa shape index (κ1) is 19.2. The molecule has 3 rings (SSSR count). The van der Waals surface area contributed by atoms with Crippen LogP contribution in [-0.4, -0.2) is 65.0 Å². The van der Waals surface area contributed by atoms with Gasteiger partial charge < -0.3 is 19.6 Å². The first-order valence-electron chi connectivity index (χ1n) is 9.44. The minimum Gasteiger partial charge on any atom is -0.492 e. The number of carboxylic acid groups (broad SMARTS) is 1. The Bertz CT molecular complexity index is 720. The van der Waals surface area contributed by atoms with Crippen LogP contribution >= 0.6 is 0 Å². The highest BCUT2D eigenvalue weighted by Crippen LogP contribution is 2.28. The van der Waals surface area contributed by atoms with Crippen molar-refractivity contribution in [3.63, 3.8) is 0 Å². The summed E-state index contributed by atoms with van der Waals surface area (Å²) in [5.41, 5.74) is 1.05. The molecule has 7 nitrogen and oxygen atoms in total. The topological polar surface area (TPSA) is 87.2 Å². The van der Waals surface area contributed by atoms with Crippen LogP contribution in [-0.2, 0) is 20.8 Å². The monoisotopic (exact) mass is 374 g/mol. The van der Waals surface area contributed by atoms with Gasteiger partial charge in [-0.15, -0.1) is 0 Å². The van der Waals surface area contributed by atoms with E-state index in [-0.39, 0.29) is 30.3 Å². The summed E-state index contributed by atoms with van der Waals surface area (Å²) in [5.74, 6) is -0.514. The Morgan fingerprint density at radius 1 is 1.22 bits per heavy atom. The van der Waals surface area contributed by atoms with Crippen molar-refractivity contribution < 1.29 is 24.2 Å². The molecule has 2 unspecified atom stereocenters. The summed E-state index contributed by atoms with van der Waals surface area (Å²) in [7, 11) is 0. The van der Waals surface area contributed by atoms with Crippen molar-refractivity contribution in [2.45, 2.75) is 38.6 Å².